The molecule has 0 N–H and O–H groups in total. The third-order valence-electron chi connectivity index (χ3n) is 5.53. The Morgan fingerprint density at radius 3 is 2.53 bits per heavy atom. The Labute approximate surface area is 183 Å². The van der Waals surface area contributed by atoms with Crippen molar-refractivity contribution in [3.8, 4) is 5.75 Å². The van der Waals surface area contributed by atoms with Gasteiger partial charge in [-0.1, -0.05) is 19.1 Å². The number of carbonyl (C=O) groups is 1. The molecule has 5 heteroatoms. The SMILES string of the molecule is CCOC(=O)CC(C)Cc1c(C)n(Cc2ccc(SC)cc2)c2ccc(OC)cc12. The molecule has 0 fully saturated rings. The zero-order valence-corrected chi connectivity index (χ0v) is 19.3. The van der Waals surface area contributed by atoms with E-state index in [0.717, 1.165) is 18.7 Å². The molecule has 30 heavy (non-hydrogen) atoms. The van der Waals surface area contributed by atoms with Crippen molar-refractivity contribution in [2.24, 2.45) is 5.92 Å². The van der Waals surface area contributed by atoms with E-state index in [2.05, 4.69) is 61.1 Å². The summed E-state index contributed by atoms with van der Waals surface area (Å²) in [5.41, 5.74) is 4.99. The summed E-state index contributed by atoms with van der Waals surface area (Å²) in [6.45, 7) is 7.38. The van der Waals surface area contributed by atoms with Crippen molar-refractivity contribution in [3.05, 3.63) is 59.3 Å². The molecule has 2 aromatic carbocycles. The van der Waals surface area contributed by atoms with Crippen LogP contribution in [0.1, 0.15) is 37.1 Å². The highest BCUT2D eigenvalue weighted by Crippen LogP contribution is 2.32. The van der Waals surface area contributed by atoms with Crippen LogP contribution in [0.4, 0.5) is 0 Å². The second-order valence-electron chi connectivity index (χ2n) is 7.70. The van der Waals surface area contributed by atoms with E-state index in [9.17, 15) is 4.79 Å². The van der Waals surface area contributed by atoms with E-state index in [4.69, 9.17) is 9.47 Å². The molecule has 0 radical (unpaired) electrons. The number of ether oxygens (including phenoxy) is 2. The summed E-state index contributed by atoms with van der Waals surface area (Å²) < 4.78 is 13.0. The van der Waals surface area contributed by atoms with E-state index < -0.39 is 0 Å². The molecule has 0 saturated heterocycles. The Bertz CT molecular complexity index is 1010. The summed E-state index contributed by atoms with van der Waals surface area (Å²) in [5.74, 6) is 0.926. The van der Waals surface area contributed by atoms with Gasteiger partial charge in [-0.15, -0.1) is 11.8 Å². The highest BCUT2D eigenvalue weighted by Gasteiger charge is 2.19. The third kappa shape index (κ3) is 5.01. The first kappa shape index (κ1) is 22.3. The molecule has 0 aliphatic carbocycles. The standard InChI is InChI=1S/C25H31NO3S/c1-6-29-25(27)14-17(2)13-22-18(3)26(16-19-7-10-21(30-5)11-8-19)24-12-9-20(28-4)15-23(22)24/h7-12,15,17H,6,13-14,16H2,1-5H3. The van der Waals surface area contributed by atoms with Crippen LogP contribution in [0.5, 0.6) is 5.75 Å². The van der Waals surface area contributed by atoms with Gasteiger partial charge in [0, 0.05) is 34.5 Å². The van der Waals surface area contributed by atoms with E-state index in [1.54, 1.807) is 18.9 Å². The fourth-order valence-corrected chi connectivity index (χ4v) is 4.37. The Morgan fingerprint density at radius 1 is 1.17 bits per heavy atom. The van der Waals surface area contributed by atoms with Crippen molar-refractivity contribution in [2.75, 3.05) is 20.0 Å². The molecule has 0 amide bonds. The Balaban J connectivity index is 1.96. The van der Waals surface area contributed by atoms with Crippen LogP contribution in [0.25, 0.3) is 10.9 Å². The van der Waals surface area contributed by atoms with Crippen LogP contribution in [-0.4, -0.2) is 30.5 Å². The Kier molecular flexibility index (Phi) is 7.48. The number of esters is 1. The first-order valence-corrected chi connectivity index (χ1v) is 11.6. The molecule has 0 spiro atoms. The number of hydrogen-bond donors (Lipinski definition) is 0. The number of benzene rings is 2. The molecule has 160 valence electrons. The van der Waals surface area contributed by atoms with Gasteiger partial charge in [0.15, 0.2) is 0 Å². The molecule has 4 nitrogen and oxygen atoms in total. The molecular weight excluding hydrogens is 394 g/mol. The maximum Gasteiger partial charge on any atom is 0.306 e. The van der Waals surface area contributed by atoms with E-state index in [1.807, 2.05) is 13.0 Å². The topological polar surface area (TPSA) is 40.5 Å². The largest absolute Gasteiger partial charge is 0.497 e. The van der Waals surface area contributed by atoms with Gasteiger partial charge in [0.05, 0.1) is 13.7 Å². The van der Waals surface area contributed by atoms with Crippen LogP contribution in [-0.2, 0) is 22.5 Å². The van der Waals surface area contributed by atoms with E-state index in [-0.39, 0.29) is 11.9 Å². The molecule has 1 aromatic heterocycles. The number of carbonyl (C=O) groups excluding carboxylic acids is 1. The lowest BCUT2D eigenvalue weighted by Gasteiger charge is -2.12. The number of methoxy groups -OCH3 is 1. The summed E-state index contributed by atoms with van der Waals surface area (Å²) in [4.78, 5) is 13.2. The summed E-state index contributed by atoms with van der Waals surface area (Å²) >= 11 is 1.75. The molecule has 0 aliphatic rings. The Morgan fingerprint density at radius 2 is 1.90 bits per heavy atom. The zero-order valence-electron chi connectivity index (χ0n) is 18.5. The maximum absolute atomic E-state index is 11.9. The highest BCUT2D eigenvalue weighted by atomic mass is 32.2. The molecule has 3 aromatic rings. The van der Waals surface area contributed by atoms with Gasteiger partial charge in [-0.05, 0) is 73.9 Å². The molecule has 1 heterocycles. The van der Waals surface area contributed by atoms with Crippen molar-refractivity contribution in [2.45, 2.75) is 45.1 Å². The van der Waals surface area contributed by atoms with E-state index in [1.165, 1.54) is 32.6 Å². The van der Waals surface area contributed by atoms with Crippen LogP contribution < -0.4 is 4.74 Å². The summed E-state index contributed by atoms with van der Waals surface area (Å²) in [6, 6.07) is 15.0. The van der Waals surface area contributed by atoms with Crippen molar-refractivity contribution in [1.82, 2.24) is 4.57 Å². The summed E-state index contributed by atoms with van der Waals surface area (Å²) in [7, 11) is 1.70. The predicted molar refractivity (Wildman–Crippen MR) is 125 cm³/mol. The normalized spacial score (nSPS) is 12.2. The molecule has 1 unspecified atom stereocenters. The number of rotatable bonds is 9. The fraction of sp³-hybridized carbons (Fsp3) is 0.400. The minimum atomic E-state index is -0.127. The molecular formula is C25H31NO3S. The van der Waals surface area contributed by atoms with Crippen molar-refractivity contribution >= 4 is 28.6 Å². The zero-order chi connectivity index (χ0) is 21.7. The smallest absolute Gasteiger partial charge is 0.306 e. The van der Waals surface area contributed by atoms with Gasteiger partial charge in [-0.3, -0.25) is 4.79 Å². The van der Waals surface area contributed by atoms with Gasteiger partial charge < -0.3 is 14.0 Å². The first-order chi connectivity index (χ1) is 14.5. The summed E-state index contributed by atoms with van der Waals surface area (Å²) in [5, 5.41) is 1.20. The average molecular weight is 426 g/mol. The molecule has 0 aliphatic heterocycles. The number of aromatic nitrogens is 1. The van der Waals surface area contributed by atoms with Crippen LogP contribution in [0.3, 0.4) is 0 Å². The first-order valence-electron chi connectivity index (χ1n) is 10.4. The minimum Gasteiger partial charge on any atom is -0.497 e. The maximum atomic E-state index is 11.9. The van der Waals surface area contributed by atoms with Gasteiger partial charge in [0.2, 0.25) is 0 Å². The van der Waals surface area contributed by atoms with Gasteiger partial charge >= 0.3 is 5.97 Å². The summed E-state index contributed by atoms with van der Waals surface area (Å²) in [6.07, 6.45) is 3.35. The lowest BCUT2D eigenvalue weighted by atomic mass is 9.96. The van der Waals surface area contributed by atoms with Crippen molar-refractivity contribution < 1.29 is 14.3 Å². The van der Waals surface area contributed by atoms with Crippen LogP contribution in [0, 0.1) is 12.8 Å². The molecule has 3 rings (SSSR count). The van der Waals surface area contributed by atoms with Gasteiger partial charge in [-0.2, -0.15) is 0 Å². The van der Waals surface area contributed by atoms with Gasteiger partial charge in [0.25, 0.3) is 0 Å². The predicted octanol–water partition coefficient (Wildman–Crippen LogP) is 5.86. The van der Waals surface area contributed by atoms with E-state index >= 15 is 0 Å². The monoisotopic (exact) mass is 425 g/mol. The highest BCUT2D eigenvalue weighted by molar-refractivity contribution is 7.98. The lowest BCUT2D eigenvalue weighted by molar-refractivity contribution is -0.144. The van der Waals surface area contributed by atoms with Gasteiger partial charge in [0.1, 0.15) is 5.75 Å². The average Bonchev–Trinajstić information content (AvgIpc) is 2.99. The minimum absolute atomic E-state index is 0.127. The number of hydrogen-bond acceptors (Lipinski definition) is 4. The third-order valence-corrected chi connectivity index (χ3v) is 6.28. The van der Waals surface area contributed by atoms with Crippen LogP contribution >= 0.6 is 11.8 Å². The van der Waals surface area contributed by atoms with Gasteiger partial charge in [-0.25, -0.2) is 0 Å². The second kappa shape index (κ2) is 10.1. The van der Waals surface area contributed by atoms with E-state index in [0.29, 0.717) is 13.0 Å². The Hall–Kier alpha value is -2.40. The lowest BCUT2D eigenvalue weighted by Crippen LogP contribution is -2.12. The molecule has 0 bridgehead atoms. The number of thioether (sulfide) groups is 1. The number of nitrogens with zero attached hydrogens (tertiary/aromatic N) is 1. The van der Waals surface area contributed by atoms with Crippen LogP contribution in [0.15, 0.2) is 47.4 Å². The number of fused-ring (bicyclic) bond motifs is 1. The fourth-order valence-electron chi connectivity index (χ4n) is 3.96. The van der Waals surface area contributed by atoms with Crippen molar-refractivity contribution in [3.63, 3.8) is 0 Å². The van der Waals surface area contributed by atoms with Crippen LogP contribution in [0.2, 0.25) is 0 Å². The molecule has 1 atom stereocenters. The second-order valence-corrected chi connectivity index (χ2v) is 8.58. The quantitative estimate of drug-likeness (QED) is 0.318. The molecule has 0 saturated carbocycles. The van der Waals surface area contributed by atoms with Crippen molar-refractivity contribution in [1.29, 1.82) is 0 Å².